The monoisotopic (exact) mass is 428 g/mol. The molecular weight excluding hydrogens is 408 g/mol. The second-order valence-electron chi connectivity index (χ2n) is 6.52. The van der Waals surface area contributed by atoms with Crippen molar-refractivity contribution in [1.82, 2.24) is 9.78 Å². The van der Waals surface area contributed by atoms with Gasteiger partial charge in [0.25, 0.3) is 0 Å². The molecule has 0 atom stereocenters. The van der Waals surface area contributed by atoms with Crippen LogP contribution in [0.1, 0.15) is 11.3 Å². The highest BCUT2D eigenvalue weighted by atomic mass is 35.5. The Kier molecular flexibility index (Phi) is 6.95. The highest BCUT2D eigenvalue weighted by Gasteiger charge is 2.12. The zero-order valence-corrected chi connectivity index (χ0v) is 17.7. The number of hydrogen-bond donors (Lipinski definition) is 2. The fourth-order valence-electron chi connectivity index (χ4n) is 2.64. The quantitative estimate of drug-likeness (QED) is 0.582. The average Bonchev–Trinajstić information content (AvgIpc) is 3.03. The van der Waals surface area contributed by atoms with E-state index in [-0.39, 0.29) is 23.3 Å². The summed E-state index contributed by atoms with van der Waals surface area (Å²) in [5.74, 6) is 0.543. The van der Waals surface area contributed by atoms with E-state index in [0.717, 1.165) is 22.6 Å². The summed E-state index contributed by atoms with van der Waals surface area (Å²) in [4.78, 5) is 24.3. The molecule has 150 valence electrons. The van der Waals surface area contributed by atoms with Crippen molar-refractivity contribution in [2.75, 3.05) is 22.1 Å². The summed E-state index contributed by atoms with van der Waals surface area (Å²) in [7, 11) is 0. The molecule has 0 saturated carbocycles. The van der Waals surface area contributed by atoms with Crippen molar-refractivity contribution in [3.63, 3.8) is 0 Å². The standard InChI is InChI=1S/C21H21ClN4O2S/c1-14-6-8-17(9-7-14)23-20(27)12-29-13-21(28)24-19-10-15(2)25-26(19)18-5-3-4-16(22)11-18/h3-11H,12-13H2,1-2H3,(H,23,27)(H,24,28). The van der Waals surface area contributed by atoms with Crippen LogP contribution in [0.3, 0.4) is 0 Å². The molecule has 2 amide bonds. The number of halogens is 1. The summed E-state index contributed by atoms with van der Waals surface area (Å²) >= 11 is 7.30. The van der Waals surface area contributed by atoms with Crippen LogP contribution in [0.15, 0.2) is 54.6 Å². The molecule has 0 spiro atoms. The molecule has 3 rings (SSSR count). The molecule has 6 nitrogen and oxygen atoms in total. The number of aryl methyl sites for hydroxylation is 2. The minimum Gasteiger partial charge on any atom is -0.325 e. The van der Waals surface area contributed by atoms with Crippen molar-refractivity contribution in [2.45, 2.75) is 13.8 Å². The second kappa shape index (κ2) is 9.62. The van der Waals surface area contributed by atoms with Gasteiger partial charge in [0.1, 0.15) is 5.82 Å². The average molecular weight is 429 g/mol. The molecule has 0 aliphatic carbocycles. The number of amides is 2. The van der Waals surface area contributed by atoms with Gasteiger partial charge in [-0.25, -0.2) is 4.68 Å². The van der Waals surface area contributed by atoms with E-state index >= 15 is 0 Å². The molecule has 0 aliphatic rings. The van der Waals surface area contributed by atoms with Crippen molar-refractivity contribution >= 4 is 46.7 Å². The third-order valence-electron chi connectivity index (χ3n) is 3.95. The summed E-state index contributed by atoms with van der Waals surface area (Å²) < 4.78 is 1.63. The molecule has 0 fully saturated rings. The van der Waals surface area contributed by atoms with Crippen molar-refractivity contribution in [1.29, 1.82) is 0 Å². The molecule has 2 aromatic carbocycles. The summed E-state index contributed by atoms with van der Waals surface area (Å²) in [6.07, 6.45) is 0. The number of thioether (sulfide) groups is 1. The summed E-state index contributed by atoms with van der Waals surface area (Å²) in [5, 5.41) is 10.7. The van der Waals surface area contributed by atoms with Gasteiger partial charge in [-0.1, -0.05) is 35.4 Å². The van der Waals surface area contributed by atoms with Crippen LogP contribution in [0.2, 0.25) is 5.02 Å². The number of nitrogens with zero attached hydrogens (tertiary/aromatic N) is 2. The first-order valence-corrected chi connectivity index (χ1v) is 10.5. The van der Waals surface area contributed by atoms with Gasteiger partial charge in [0.15, 0.2) is 0 Å². The molecule has 1 aromatic heterocycles. The predicted molar refractivity (Wildman–Crippen MR) is 119 cm³/mol. The smallest absolute Gasteiger partial charge is 0.235 e. The maximum Gasteiger partial charge on any atom is 0.235 e. The van der Waals surface area contributed by atoms with E-state index in [4.69, 9.17) is 11.6 Å². The van der Waals surface area contributed by atoms with E-state index in [1.807, 2.05) is 50.2 Å². The van der Waals surface area contributed by atoms with E-state index in [9.17, 15) is 9.59 Å². The van der Waals surface area contributed by atoms with Gasteiger partial charge in [0.2, 0.25) is 11.8 Å². The molecule has 8 heteroatoms. The number of nitrogens with one attached hydrogen (secondary N) is 2. The van der Waals surface area contributed by atoms with Gasteiger partial charge >= 0.3 is 0 Å². The number of carbonyl (C=O) groups excluding carboxylic acids is 2. The number of carbonyl (C=O) groups is 2. The summed E-state index contributed by atoms with van der Waals surface area (Å²) in [5.41, 5.74) is 3.39. The molecule has 0 radical (unpaired) electrons. The fraction of sp³-hybridized carbons (Fsp3) is 0.190. The van der Waals surface area contributed by atoms with Crippen LogP contribution >= 0.6 is 23.4 Å². The number of anilines is 2. The van der Waals surface area contributed by atoms with Crippen LogP contribution < -0.4 is 10.6 Å². The van der Waals surface area contributed by atoms with Gasteiger partial charge < -0.3 is 10.6 Å². The van der Waals surface area contributed by atoms with Gasteiger partial charge in [-0.15, -0.1) is 11.8 Å². The van der Waals surface area contributed by atoms with Gasteiger partial charge in [-0.05, 0) is 44.2 Å². The lowest BCUT2D eigenvalue weighted by Gasteiger charge is -2.09. The van der Waals surface area contributed by atoms with Crippen LogP contribution in [-0.2, 0) is 9.59 Å². The first-order valence-electron chi connectivity index (χ1n) is 8.97. The maximum atomic E-state index is 12.3. The normalized spacial score (nSPS) is 10.6. The van der Waals surface area contributed by atoms with Crippen molar-refractivity contribution < 1.29 is 9.59 Å². The Morgan fingerprint density at radius 1 is 1.00 bits per heavy atom. The van der Waals surface area contributed by atoms with E-state index < -0.39 is 0 Å². The fourth-order valence-corrected chi connectivity index (χ4v) is 3.44. The van der Waals surface area contributed by atoms with Crippen molar-refractivity contribution in [3.05, 3.63) is 70.9 Å². The van der Waals surface area contributed by atoms with Gasteiger partial charge in [-0.3, -0.25) is 9.59 Å². The van der Waals surface area contributed by atoms with E-state index in [2.05, 4.69) is 15.7 Å². The third-order valence-corrected chi connectivity index (χ3v) is 5.12. The number of hydrogen-bond acceptors (Lipinski definition) is 4. The van der Waals surface area contributed by atoms with Gasteiger partial charge in [-0.2, -0.15) is 5.10 Å². The summed E-state index contributed by atoms with van der Waals surface area (Å²) in [6, 6.07) is 16.6. The van der Waals surface area contributed by atoms with E-state index in [1.165, 1.54) is 11.8 Å². The zero-order chi connectivity index (χ0) is 20.8. The largest absolute Gasteiger partial charge is 0.325 e. The Labute approximate surface area is 178 Å². The Balaban J connectivity index is 1.52. The van der Waals surface area contributed by atoms with Crippen molar-refractivity contribution in [2.24, 2.45) is 0 Å². The highest BCUT2D eigenvalue weighted by molar-refractivity contribution is 8.00. The van der Waals surface area contributed by atoms with Crippen LogP contribution in [-0.4, -0.2) is 33.1 Å². The van der Waals surface area contributed by atoms with Gasteiger partial charge in [0.05, 0.1) is 22.9 Å². The summed E-state index contributed by atoms with van der Waals surface area (Å²) in [6.45, 7) is 3.83. The molecule has 2 N–H and O–H groups in total. The Morgan fingerprint density at radius 3 is 2.38 bits per heavy atom. The molecule has 29 heavy (non-hydrogen) atoms. The van der Waals surface area contributed by atoms with Crippen LogP contribution in [0.5, 0.6) is 0 Å². The first-order chi connectivity index (χ1) is 13.9. The third kappa shape index (κ3) is 6.10. The SMILES string of the molecule is Cc1ccc(NC(=O)CSCC(=O)Nc2cc(C)nn2-c2cccc(Cl)c2)cc1. The molecule has 3 aromatic rings. The van der Waals surface area contributed by atoms with Crippen molar-refractivity contribution in [3.8, 4) is 5.69 Å². The molecule has 0 saturated heterocycles. The molecule has 1 heterocycles. The molecular formula is C21H21ClN4O2S. The molecule has 0 unspecified atom stereocenters. The predicted octanol–water partition coefficient (Wildman–Crippen LogP) is 4.45. The topological polar surface area (TPSA) is 76.0 Å². The lowest BCUT2D eigenvalue weighted by Crippen LogP contribution is -2.19. The lowest BCUT2D eigenvalue weighted by atomic mass is 10.2. The van der Waals surface area contributed by atoms with E-state index in [0.29, 0.717) is 10.8 Å². The minimum absolute atomic E-state index is 0.147. The number of rotatable bonds is 7. The zero-order valence-electron chi connectivity index (χ0n) is 16.1. The Hall–Kier alpha value is -2.77. The van der Waals surface area contributed by atoms with Crippen LogP contribution in [0.25, 0.3) is 5.69 Å². The Morgan fingerprint density at radius 2 is 1.69 bits per heavy atom. The second-order valence-corrected chi connectivity index (χ2v) is 7.94. The number of benzene rings is 2. The maximum absolute atomic E-state index is 12.3. The minimum atomic E-state index is -0.207. The number of aromatic nitrogens is 2. The first kappa shape index (κ1) is 21.0. The molecule has 0 bridgehead atoms. The van der Waals surface area contributed by atoms with Crippen LogP contribution in [0, 0.1) is 13.8 Å². The lowest BCUT2D eigenvalue weighted by molar-refractivity contribution is -0.114. The Bertz CT molecular complexity index is 1020. The van der Waals surface area contributed by atoms with Gasteiger partial charge in [0, 0.05) is 16.8 Å². The highest BCUT2D eigenvalue weighted by Crippen LogP contribution is 2.20. The van der Waals surface area contributed by atoms with E-state index in [1.54, 1.807) is 22.9 Å². The molecule has 0 aliphatic heterocycles. The van der Waals surface area contributed by atoms with Crippen LogP contribution in [0.4, 0.5) is 11.5 Å².